The molecule has 1 fully saturated rings. The largest absolute Gasteiger partial charge is 0.419 e. The standard InChI is InChI=1S/C23H30N2O7S/c1-15(2)10-12-24-22(28)16-6-7-17-20(32-19(27)9-8-18(26)31-17)21(16)33(29,30)25-13-5-11-23(3,4)14-25/h6-9,15H,5,10-14H2,1-4H3,(H,24,28)/b9-8-. The number of carbonyl (C=O) groups is 3. The number of hydrogen-bond donors (Lipinski definition) is 1. The van der Waals surface area contributed by atoms with E-state index in [4.69, 9.17) is 9.47 Å². The van der Waals surface area contributed by atoms with Gasteiger partial charge in [0.15, 0.2) is 11.5 Å². The van der Waals surface area contributed by atoms with Crippen molar-refractivity contribution in [3.63, 3.8) is 0 Å². The predicted molar refractivity (Wildman–Crippen MR) is 120 cm³/mol. The molecule has 33 heavy (non-hydrogen) atoms. The molecule has 9 nitrogen and oxygen atoms in total. The van der Waals surface area contributed by atoms with Crippen LogP contribution in [0.5, 0.6) is 11.5 Å². The average Bonchev–Trinajstić information content (AvgIpc) is 2.71. The Labute approximate surface area is 194 Å². The third-order valence-electron chi connectivity index (χ3n) is 5.56. The molecule has 2 aliphatic rings. The van der Waals surface area contributed by atoms with Crippen LogP contribution in [0.25, 0.3) is 0 Å². The normalized spacial score (nSPS) is 19.7. The van der Waals surface area contributed by atoms with Gasteiger partial charge in [-0.25, -0.2) is 18.0 Å². The number of amides is 1. The lowest BCUT2D eigenvalue weighted by Crippen LogP contribution is -2.44. The predicted octanol–water partition coefficient (Wildman–Crippen LogP) is 2.65. The second-order valence-electron chi connectivity index (χ2n) is 9.49. The van der Waals surface area contributed by atoms with Crippen molar-refractivity contribution in [3.05, 3.63) is 29.8 Å². The summed E-state index contributed by atoms with van der Waals surface area (Å²) >= 11 is 0. The first-order valence-corrected chi connectivity index (χ1v) is 12.4. The van der Waals surface area contributed by atoms with Gasteiger partial charge in [0, 0.05) is 31.8 Å². The van der Waals surface area contributed by atoms with Gasteiger partial charge in [-0.2, -0.15) is 4.31 Å². The van der Waals surface area contributed by atoms with Gasteiger partial charge in [-0.05, 0) is 42.7 Å². The number of rotatable bonds is 6. The first-order chi connectivity index (χ1) is 15.4. The van der Waals surface area contributed by atoms with Gasteiger partial charge in [0.1, 0.15) is 4.90 Å². The number of esters is 2. The lowest BCUT2D eigenvalue weighted by molar-refractivity contribution is -0.133. The van der Waals surface area contributed by atoms with Gasteiger partial charge < -0.3 is 14.8 Å². The van der Waals surface area contributed by atoms with E-state index in [-0.39, 0.29) is 29.8 Å². The quantitative estimate of drug-likeness (QED) is 0.493. The molecular weight excluding hydrogens is 448 g/mol. The van der Waals surface area contributed by atoms with Crippen LogP contribution in [0.2, 0.25) is 0 Å². The molecule has 2 aliphatic heterocycles. The average molecular weight is 479 g/mol. The molecule has 0 spiro atoms. The monoisotopic (exact) mass is 478 g/mol. The summed E-state index contributed by atoms with van der Waals surface area (Å²) in [5, 5.41) is 2.73. The first-order valence-electron chi connectivity index (χ1n) is 11.0. The molecule has 1 aromatic carbocycles. The number of fused-ring (bicyclic) bond motifs is 1. The third kappa shape index (κ3) is 5.80. The maximum atomic E-state index is 13.8. The summed E-state index contributed by atoms with van der Waals surface area (Å²) in [5.41, 5.74) is -0.436. The van der Waals surface area contributed by atoms with Gasteiger partial charge in [0.25, 0.3) is 5.91 Å². The topological polar surface area (TPSA) is 119 Å². The van der Waals surface area contributed by atoms with Gasteiger partial charge in [-0.1, -0.05) is 27.7 Å². The fourth-order valence-corrected chi connectivity index (χ4v) is 5.81. The highest BCUT2D eigenvalue weighted by atomic mass is 32.2. The fourth-order valence-electron chi connectivity index (χ4n) is 3.84. The summed E-state index contributed by atoms with van der Waals surface area (Å²) in [6.45, 7) is 8.80. The van der Waals surface area contributed by atoms with Gasteiger partial charge in [-0.3, -0.25) is 4.79 Å². The lowest BCUT2D eigenvalue weighted by Gasteiger charge is -2.37. The summed E-state index contributed by atoms with van der Waals surface area (Å²) < 4.78 is 39.4. The maximum absolute atomic E-state index is 13.8. The molecule has 0 atom stereocenters. The zero-order valence-electron chi connectivity index (χ0n) is 19.3. The number of benzene rings is 1. The molecule has 0 aliphatic carbocycles. The Kier molecular flexibility index (Phi) is 7.28. The Morgan fingerprint density at radius 3 is 2.45 bits per heavy atom. The van der Waals surface area contributed by atoms with E-state index in [1.807, 2.05) is 27.7 Å². The number of hydrogen-bond acceptors (Lipinski definition) is 7. The highest BCUT2D eigenvalue weighted by Crippen LogP contribution is 2.41. The van der Waals surface area contributed by atoms with E-state index in [2.05, 4.69) is 5.32 Å². The minimum absolute atomic E-state index is 0.172. The van der Waals surface area contributed by atoms with Crippen molar-refractivity contribution in [1.29, 1.82) is 0 Å². The molecule has 1 amide bonds. The number of carbonyl (C=O) groups excluding carboxylic acids is 3. The van der Waals surface area contributed by atoms with Crippen LogP contribution in [0.1, 0.15) is 57.3 Å². The fraction of sp³-hybridized carbons (Fsp3) is 0.522. The van der Waals surface area contributed by atoms with Crippen LogP contribution in [0.15, 0.2) is 29.2 Å². The van der Waals surface area contributed by atoms with Crippen LogP contribution < -0.4 is 14.8 Å². The Morgan fingerprint density at radius 1 is 1.15 bits per heavy atom. The summed E-state index contributed by atoms with van der Waals surface area (Å²) in [6, 6.07) is 2.54. The molecule has 180 valence electrons. The van der Waals surface area contributed by atoms with Crippen LogP contribution in [-0.2, 0) is 19.6 Å². The molecule has 0 aromatic heterocycles. The van der Waals surface area contributed by atoms with E-state index in [9.17, 15) is 22.8 Å². The van der Waals surface area contributed by atoms with Crippen LogP contribution in [0.3, 0.4) is 0 Å². The van der Waals surface area contributed by atoms with Gasteiger partial charge in [0.05, 0.1) is 5.56 Å². The van der Waals surface area contributed by atoms with Crippen LogP contribution >= 0.6 is 0 Å². The highest BCUT2D eigenvalue weighted by Gasteiger charge is 2.40. The zero-order chi connectivity index (χ0) is 24.4. The first kappa shape index (κ1) is 24.9. The molecule has 1 saturated heterocycles. The second-order valence-corrected chi connectivity index (χ2v) is 11.4. The molecular formula is C23H30N2O7S. The van der Waals surface area contributed by atoms with Gasteiger partial charge in [-0.15, -0.1) is 0 Å². The van der Waals surface area contributed by atoms with Crippen molar-refractivity contribution in [2.75, 3.05) is 19.6 Å². The summed E-state index contributed by atoms with van der Waals surface area (Å²) in [6.07, 6.45) is 3.94. The van der Waals surface area contributed by atoms with E-state index >= 15 is 0 Å². The maximum Gasteiger partial charge on any atom is 0.336 e. The third-order valence-corrected chi connectivity index (χ3v) is 7.47. The molecule has 0 unspecified atom stereocenters. The van der Waals surface area contributed by atoms with E-state index in [0.717, 1.165) is 18.6 Å². The van der Waals surface area contributed by atoms with Crippen LogP contribution in [0, 0.1) is 11.3 Å². The SMILES string of the molecule is CC(C)CCNC(=O)c1ccc2c(c1S(=O)(=O)N1CCCC(C)(C)C1)OC(=O)/C=C\C(=O)O2. The number of piperidine rings is 1. The van der Waals surface area contributed by atoms with Crippen molar-refractivity contribution in [1.82, 2.24) is 9.62 Å². The molecule has 0 radical (unpaired) electrons. The van der Waals surface area contributed by atoms with E-state index < -0.39 is 38.5 Å². The molecule has 3 rings (SSSR count). The highest BCUT2D eigenvalue weighted by molar-refractivity contribution is 7.89. The molecule has 1 aromatic rings. The second kappa shape index (κ2) is 9.64. The number of nitrogens with zero attached hydrogens (tertiary/aromatic N) is 1. The van der Waals surface area contributed by atoms with Crippen molar-refractivity contribution in [2.45, 2.75) is 51.9 Å². The Balaban J connectivity index is 2.14. The Hall–Kier alpha value is -2.72. The van der Waals surface area contributed by atoms with Crippen molar-refractivity contribution < 1.29 is 32.3 Å². The van der Waals surface area contributed by atoms with Gasteiger partial charge >= 0.3 is 11.9 Å². The van der Waals surface area contributed by atoms with Crippen molar-refractivity contribution in [3.8, 4) is 11.5 Å². The minimum Gasteiger partial charge on any atom is -0.419 e. The molecule has 0 saturated carbocycles. The molecule has 10 heteroatoms. The Bertz CT molecular complexity index is 1090. The molecule has 2 heterocycles. The zero-order valence-corrected chi connectivity index (χ0v) is 20.2. The van der Waals surface area contributed by atoms with E-state index in [0.29, 0.717) is 25.3 Å². The summed E-state index contributed by atoms with van der Waals surface area (Å²) in [5.74, 6) is -2.78. The molecule has 0 bridgehead atoms. The Morgan fingerprint density at radius 2 is 1.82 bits per heavy atom. The van der Waals surface area contributed by atoms with E-state index in [1.165, 1.54) is 16.4 Å². The van der Waals surface area contributed by atoms with Crippen LogP contribution in [-0.4, -0.2) is 50.2 Å². The summed E-state index contributed by atoms with van der Waals surface area (Å²) in [7, 11) is -4.28. The van der Waals surface area contributed by atoms with Crippen molar-refractivity contribution >= 4 is 27.9 Å². The lowest BCUT2D eigenvalue weighted by atomic mass is 9.85. The van der Waals surface area contributed by atoms with Crippen LogP contribution in [0.4, 0.5) is 0 Å². The minimum atomic E-state index is -4.28. The van der Waals surface area contributed by atoms with Gasteiger partial charge in [0.2, 0.25) is 10.0 Å². The number of nitrogens with one attached hydrogen (secondary N) is 1. The molecule has 1 N–H and O–H groups in total. The number of ether oxygens (including phenoxy) is 2. The van der Waals surface area contributed by atoms with E-state index in [1.54, 1.807) is 0 Å². The smallest absolute Gasteiger partial charge is 0.336 e. The van der Waals surface area contributed by atoms with Crippen molar-refractivity contribution in [2.24, 2.45) is 11.3 Å². The number of sulfonamides is 1. The summed E-state index contributed by atoms with van der Waals surface area (Å²) in [4.78, 5) is 36.7.